The van der Waals surface area contributed by atoms with Crippen LogP contribution >= 0.6 is 0 Å². The molecule has 8 nitrogen and oxygen atoms in total. The molecule has 0 radical (unpaired) electrons. The molecule has 2 saturated heterocycles. The van der Waals surface area contributed by atoms with Gasteiger partial charge in [-0.25, -0.2) is 13.4 Å². The van der Waals surface area contributed by atoms with Gasteiger partial charge in [0.1, 0.15) is 5.69 Å². The average molecular weight is 370 g/mol. The van der Waals surface area contributed by atoms with Crippen molar-refractivity contribution >= 4 is 15.9 Å². The second-order valence-corrected chi connectivity index (χ2v) is 8.76. The number of amides is 1. The maximum atomic E-state index is 12.8. The normalized spacial score (nSPS) is 23.2. The van der Waals surface area contributed by atoms with Crippen molar-refractivity contribution in [2.24, 2.45) is 7.05 Å². The van der Waals surface area contributed by atoms with Gasteiger partial charge in [-0.1, -0.05) is 0 Å². The second-order valence-electron chi connectivity index (χ2n) is 6.87. The minimum absolute atomic E-state index is 0.0412. The van der Waals surface area contributed by atoms with Gasteiger partial charge in [-0.05, 0) is 25.7 Å². The summed E-state index contributed by atoms with van der Waals surface area (Å²) < 4.78 is 33.6. The number of aryl methyl sites for hydroxylation is 1. The molecule has 0 saturated carbocycles. The number of aromatic nitrogens is 2. The molecule has 0 bridgehead atoms. The lowest BCUT2D eigenvalue weighted by Gasteiger charge is -2.42. The highest BCUT2D eigenvalue weighted by Gasteiger charge is 2.38. The van der Waals surface area contributed by atoms with Gasteiger partial charge in [0.15, 0.2) is 0 Å². The summed E-state index contributed by atoms with van der Waals surface area (Å²) in [5.74, 6) is -0.0925. The highest BCUT2D eigenvalue weighted by atomic mass is 32.2. The third-order valence-corrected chi connectivity index (χ3v) is 6.38. The zero-order valence-corrected chi connectivity index (χ0v) is 15.6. The fraction of sp³-hybridized carbons (Fsp3) is 0.750. The first-order valence-electron chi connectivity index (χ1n) is 8.70. The lowest BCUT2D eigenvalue weighted by atomic mass is 10.0. The molecular weight excluding hydrogens is 344 g/mol. The van der Waals surface area contributed by atoms with Gasteiger partial charge in [-0.15, -0.1) is 0 Å². The van der Waals surface area contributed by atoms with Crippen molar-refractivity contribution in [1.29, 1.82) is 0 Å². The number of piperidine rings is 1. The van der Waals surface area contributed by atoms with Crippen molar-refractivity contribution in [2.75, 3.05) is 32.6 Å². The van der Waals surface area contributed by atoms with E-state index in [1.807, 2.05) is 0 Å². The Bertz CT molecular complexity index is 711. The van der Waals surface area contributed by atoms with E-state index < -0.39 is 10.0 Å². The molecule has 25 heavy (non-hydrogen) atoms. The van der Waals surface area contributed by atoms with Crippen LogP contribution in [0.25, 0.3) is 0 Å². The van der Waals surface area contributed by atoms with Gasteiger partial charge < -0.3 is 14.2 Å². The number of carbonyl (C=O) groups excluding carboxylic acids is 1. The summed E-state index contributed by atoms with van der Waals surface area (Å²) in [6.45, 7) is 2.24. The first-order chi connectivity index (χ1) is 11.9. The molecule has 0 N–H and O–H groups in total. The zero-order chi connectivity index (χ0) is 18.0. The summed E-state index contributed by atoms with van der Waals surface area (Å²) in [7, 11) is -1.57. The first kappa shape index (κ1) is 18.3. The van der Waals surface area contributed by atoms with E-state index in [2.05, 4.69) is 4.98 Å². The predicted octanol–water partition coefficient (Wildman–Crippen LogP) is 0.465. The smallest absolute Gasteiger partial charge is 0.272 e. The van der Waals surface area contributed by atoms with E-state index in [0.29, 0.717) is 44.8 Å². The molecule has 0 aromatic carbocycles. The summed E-state index contributed by atoms with van der Waals surface area (Å²) in [4.78, 5) is 18.5. The van der Waals surface area contributed by atoms with Crippen LogP contribution in [0.4, 0.5) is 0 Å². The number of nitrogens with zero attached hydrogens (tertiary/aromatic N) is 4. The van der Waals surface area contributed by atoms with E-state index in [4.69, 9.17) is 4.74 Å². The Labute approximate surface area is 148 Å². The van der Waals surface area contributed by atoms with Crippen LogP contribution in [0.1, 0.15) is 36.2 Å². The van der Waals surface area contributed by atoms with Crippen LogP contribution in [0.2, 0.25) is 0 Å². The van der Waals surface area contributed by atoms with Gasteiger partial charge in [0.2, 0.25) is 10.0 Å². The fourth-order valence-electron chi connectivity index (χ4n) is 3.85. The third kappa shape index (κ3) is 4.04. The molecule has 1 atom stereocenters. The van der Waals surface area contributed by atoms with Crippen LogP contribution in [-0.4, -0.2) is 77.7 Å². The SMILES string of the molecule is Cn1cncc1C(=O)N1CCCC(N(C2CCOCC2)S(C)(=O)=O)C1. The zero-order valence-electron chi connectivity index (χ0n) is 14.8. The van der Waals surface area contributed by atoms with Gasteiger partial charge in [0, 0.05) is 45.4 Å². The Morgan fingerprint density at radius 2 is 2.00 bits per heavy atom. The predicted molar refractivity (Wildman–Crippen MR) is 92.7 cm³/mol. The molecule has 0 aliphatic carbocycles. The number of ether oxygens (including phenoxy) is 1. The molecule has 1 unspecified atom stereocenters. The van der Waals surface area contributed by atoms with Crippen molar-refractivity contribution in [3.63, 3.8) is 0 Å². The van der Waals surface area contributed by atoms with E-state index >= 15 is 0 Å². The van der Waals surface area contributed by atoms with Gasteiger partial charge >= 0.3 is 0 Å². The Kier molecular flexibility index (Phi) is 5.45. The van der Waals surface area contributed by atoms with Crippen LogP contribution in [0.5, 0.6) is 0 Å². The monoisotopic (exact) mass is 370 g/mol. The molecule has 0 spiro atoms. The van der Waals surface area contributed by atoms with Gasteiger partial charge in [-0.2, -0.15) is 4.31 Å². The minimum atomic E-state index is -3.35. The molecule has 9 heteroatoms. The maximum Gasteiger partial charge on any atom is 0.272 e. The quantitative estimate of drug-likeness (QED) is 0.769. The van der Waals surface area contributed by atoms with E-state index in [9.17, 15) is 13.2 Å². The van der Waals surface area contributed by atoms with Crippen LogP contribution in [0.3, 0.4) is 0 Å². The molecule has 1 aromatic rings. The Hall–Kier alpha value is -1.45. The molecular formula is C16H26N4O4S. The van der Waals surface area contributed by atoms with Gasteiger partial charge in [-0.3, -0.25) is 4.79 Å². The van der Waals surface area contributed by atoms with E-state index in [1.165, 1.54) is 6.26 Å². The number of likely N-dealkylation sites (tertiary alicyclic amines) is 1. The average Bonchev–Trinajstić information content (AvgIpc) is 3.00. The van der Waals surface area contributed by atoms with Crippen LogP contribution in [0, 0.1) is 0 Å². The number of hydrogen-bond donors (Lipinski definition) is 0. The minimum Gasteiger partial charge on any atom is -0.381 e. The Morgan fingerprint density at radius 1 is 1.28 bits per heavy atom. The lowest BCUT2D eigenvalue weighted by molar-refractivity contribution is 0.0340. The van der Waals surface area contributed by atoms with E-state index in [-0.39, 0.29) is 18.0 Å². The summed E-state index contributed by atoms with van der Waals surface area (Å²) in [6.07, 6.45) is 7.41. The Morgan fingerprint density at radius 3 is 2.60 bits per heavy atom. The molecule has 1 aromatic heterocycles. The summed E-state index contributed by atoms with van der Waals surface area (Å²) in [5.41, 5.74) is 0.526. The van der Waals surface area contributed by atoms with Crippen molar-refractivity contribution in [1.82, 2.24) is 18.8 Å². The number of hydrogen-bond acceptors (Lipinski definition) is 5. The molecule has 2 fully saturated rings. The highest BCUT2D eigenvalue weighted by Crippen LogP contribution is 2.26. The van der Waals surface area contributed by atoms with Crippen molar-refractivity contribution in [3.8, 4) is 0 Å². The molecule has 140 valence electrons. The highest BCUT2D eigenvalue weighted by molar-refractivity contribution is 7.88. The standard InChI is InChI=1S/C16H26N4O4S/c1-18-12-17-10-15(18)16(21)19-7-3-4-14(11-19)20(25(2,22)23)13-5-8-24-9-6-13/h10,12-14H,3-9,11H2,1-2H3. The lowest BCUT2D eigenvalue weighted by Crippen LogP contribution is -2.55. The third-order valence-electron chi connectivity index (χ3n) is 5.01. The number of rotatable bonds is 4. The van der Waals surface area contributed by atoms with Crippen molar-refractivity contribution in [2.45, 2.75) is 37.8 Å². The maximum absolute atomic E-state index is 12.8. The fourth-order valence-corrected chi connectivity index (χ4v) is 5.32. The van der Waals surface area contributed by atoms with Crippen LogP contribution < -0.4 is 0 Å². The largest absolute Gasteiger partial charge is 0.381 e. The number of carbonyl (C=O) groups is 1. The molecule has 3 heterocycles. The van der Waals surface area contributed by atoms with Gasteiger partial charge in [0.25, 0.3) is 5.91 Å². The van der Waals surface area contributed by atoms with E-state index in [1.54, 1.807) is 33.3 Å². The van der Waals surface area contributed by atoms with Crippen LogP contribution in [0.15, 0.2) is 12.5 Å². The first-order valence-corrected chi connectivity index (χ1v) is 10.5. The second kappa shape index (κ2) is 7.43. The van der Waals surface area contributed by atoms with Crippen molar-refractivity contribution in [3.05, 3.63) is 18.2 Å². The summed E-state index contributed by atoms with van der Waals surface area (Å²) in [5, 5.41) is 0. The molecule has 1 amide bonds. The molecule has 3 rings (SSSR count). The van der Waals surface area contributed by atoms with Crippen molar-refractivity contribution < 1.29 is 17.9 Å². The number of sulfonamides is 1. The summed E-state index contributed by atoms with van der Waals surface area (Å²) in [6, 6.07) is -0.218. The van der Waals surface area contributed by atoms with Gasteiger partial charge in [0.05, 0.1) is 18.8 Å². The number of imidazole rings is 1. The molecule has 2 aliphatic heterocycles. The summed E-state index contributed by atoms with van der Waals surface area (Å²) >= 11 is 0. The molecule has 2 aliphatic rings. The van der Waals surface area contributed by atoms with E-state index in [0.717, 1.165) is 12.8 Å². The Balaban J connectivity index is 1.78. The van der Waals surface area contributed by atoms with Crippen LogP contribution in [-0.2, 0) is 21.8 Å². The topological polar surface area (TPSA) is 84.7 Å².